The van der Waals surface area contributed by atoms with Crippen LogP contribution in [0.25, 0.3) is 0 Å². The molecule has 0 aromatic heterocycles. The van der Waals surface area contributed by atoms with Gasteiger partial charge in [0.1, 0.15) is 0 Å². The van der Waals surface area contributed by atoms with Crippen molar-refractivity contribution in [1.82, 2.24) is 5.32 Å². The van der Waals surface area contributed by atoms with Crippen LogP contribution in [0.4, 0.5) is 5.69 Å². The molecule has 4 nitrogen and oxygen atoms in total. The first-order valence-electron chi connectivity index (χ1n) is 6.18. The van der Waals surface area contributed by atoms with Crippen LogP contribution >= 0.6 is 11.6 Å². The van der Waals surface area contributed by atoms with Crippen LogP contribution in [0.5, 0.6) is 0 Å². The van der Waals surface area contributed by atoms with Crippen LogP contribution < -0.4 is 5.32 Å². The number of non-ortho nitro benzene ring substituents is 1. The van der Waals surface area contributed by atoms with Crippen LogP contribution in [0.1, 0.15) is 38.7 Å². The maximum Gasteiger partial charge on any atom is 0.270 e. The van der Waals surface area contributed by atoms with E-state index in [0.29, 0.717) is 11.1 Å². The van der Waals surface area contributed by atoms with E-state index in [2.05, 4.69) is 26.1 Å². The molecular formula is C13H19ClN2O2. The summed E-state index contributed by atoms with van der Waals surface area (Å²) in [5, 5.41) is 14.5. The molecule has 0 aliphatic carbocycles. The van der Waals surface area contributed by atoms with Gasteiger partial charge in [0.2, 0.25) is 0 Å². The fourth-order valence-electron chi connectivity index (χ4n) is 2.15. The Balaban J connectivity index is 2.98. The Morgan fingerprint density at radius 2 is 2.11 bits per heavy atom. The van der Waals surface area contributed by atoms with Gasteiger partial charge in [0.25, 0.3) is 5.69 Å². The molecule has 0 amide bonds. The molecule has 1 rings (SSSR count). The van der Waals surface area contributed by atoms with E-state index in [1.54, 1.807) is 6.07 Å². The van der Waals surface area contributed by atoms with Crippen LogP contribution in [0.15, 0.2) is 18.2 Å². The molecule has 0 radical (unpaired) electrons. The minimum Gasteiger partial charge on any atom is -0.314 e. The molecule has 2 atom stereocenters. The summed E-state index contributed by atoms with van der Waals surface area (Å²) in [5.41, 5.74) is 0.988. The maximum absolute atomic E-state index is 10.7. The van der Waals surface area contributed by atoms with E-state index in [-0.39, 0.29) is 11.6 Å². The van der Waals surface area contributed by atoms with Gasteiger partial charge in [-0.1, -0.05) is 38.4 Å². The van der Waals surface area contributed by atoms with Gasteiger partial charge in [-0.25, -0.2) is 0 Å². The molecule has 0 heterocycles. The predicted molar refractivity (Wildman–Crippen MR) is 74.3 cm³/mol. The molecule has 2 unspecified atom stereocenters. The van der Waals surface area contributed by atoms with Crippen molar-refractivity contribution in [3.63, 3.8) is 0 Å². The van der Waals surface area contributed by atoms with Gasteiger partial charge in [0.05, 0.1) is 9.95 Å². The molecule has 0 aliphatic heterocycles. The summed E-state index contributed by atoms with van der Waals surface area (Å²) in [4.78, 5) is 10.2. The third-order valence-corrected chi connectivity index (χ3v) is 3.52. The Hall–Kier alpha value is -1.13. The Morgan fingerprint density at radius 3 is 2.56 bits per heavy atom. The largest absolute Gasteiger partial charge is 0.314 e. The first-order chi connectivity index (χ1) is 8.51. The number of nitro groups is 1. The first kappa shape index (κ1) is 14.9. The second-order valence-corrected chi connectivity index (χ2v) is 4.73. The Morgan fingerprint density at radius 1 is 1.44 bits per heavy atom. The van der Waals surface area contributed by atoms with Crippen molar-refractivity contribution in [3.05, 3.63) is 38.9 Å². The van der Waals surface area contributed by atoms with E-state index in [9.17, 15) is 10.1 Å². The predicted octanol–water partition coefficient (Wildman–Crippen LogP) is 3.74. The second kappa shape index (κ2) is 6.71. The van der Waals surface area contributed by atoms with Gasteiger partial charge >= 0.3 is 0 Å². The number of nitrogens with zero attached hydrogens (tertiary/aromatic N) is 1. The Kier molecular flexibility index (Phi) is 5.56. The molecule has 0 spiro atoms. The van der Waals surface area contributed by atoms with Gasteiger partial charge in [-0.2, -0.15) is 0 Å². The highest BCUT2D eigenvalue weighted by molar-refractivity contribution is 6.31. The van der Waals surface area contributed by atoms with E-state index in [1.807, 2.05) is 0 Å². The molecule has 100 valence electrons. The minimum absolute atomic E-state index is 0.0347. The minimum atomic E-state index is -0.429. The average molecular weight is 271 g/mol. The zero-order chi connectivity index (χ0) is 13.7. The highest BCUT2D eigenvalue weighted by atomic mass is 35.5. The highest BCUT2D eigenvalue weighted by Gasteiger charge is 2.20. The molecule has 0 fully saturated rings. The fourth-order valence-corrected chi connectivity index (χ4v) is 2.50. The Labute approximate surface area is 112 Å². The number of likely N-dealkylation sites (N-methyl/N-ethyl adjacent to an activating group) is 1. The quantitative estimate of drug-likeness (QED) is 0.633. The lowest BCUT2D eigenvalue weighted by Gasteiger charge is -2.24. The normalized spacial score (nSPS) is 14.2. The van der Waals surface area contributed by atoms with Crippen LogP contribution in [0, 0.1) is 10.1 Å². The zero-order valence-corrected chi connectivity index (χ0v) is 11.7. The lowest BCUT2D eigenvalue weighted by Crippen LogP contribution is -2.33. The van der Waals surface area contributed by atoms with Gasteiger partial charge in [0.15, 0.2) is 0 Å². The van der Waals surface area contributed by atoms with Gasteiger partial charge in [-0.15, -0.1) is 0 Å². The van der Waals surface area contributed by atoms with Crippen molar-refractivity contribution < 1.29 is 4.92 Å². The molecule has 1 N–H and O–H groups in total. The number of halogens is 1. The summed E-state index contributed by atoms with van der Waals surface area (Å²) in [6.45, 7) is 7.16. The average Bonchev–Trinajstić information content (AvgIpc) is 2.34. The van der Waals surface area contributed by atoms with Gasteiger partial charge in [-0.3, -0.25) is 10.1 Å². The molecule has 1 aromatic rings. The number of nitrogens with one attached hydrogen (secondary N) is 1. The fraction of sp³-hybridized carbons (Fsp3) is 0.538. The standard InChI is InChI=1S/C13H19ClN2O2/c1-4-13(15-5-2)9(3)11-7-6-10(16(17)18)8-12(11)14/h6-9,13,15H,4-5H2,1-3H3. The second-order valence-electron chi connectivity index (χ2n) is 4.32. The number of rotatable bonds is 6. The third-order valence-electron chi connectivity index (χ3n) is 3.20. The molecule has 0 saturated carbocycles. The van der Waals surface area contributed by atoms with Crippen molar-refractivity contribution in [2.45, 2.75) is 39.2 Å². The Bertz CT molecular complexity index is 423. The van der Waals surface area contributed by atoms with E-state index < -0.39 is 4.92 Å². The highest BCUT2D eigenvalue weighted by Crippen LogP contribution is 2.30. The number of hydrogen-bond acceptors (Lipinski definition) is 3. The summed E-state index contributed by atoms with van der Waals surface area (Å²) >= 11 is 6.14. The van der Waals surface area contributed by atoms with E-state index in [0.717, 1.165) is 18.5 Å². The number of nitro benzene ring substituents is 1. The van der Waals surface area contributed by atoms with Crippen molar-refractivity contribution in [1.29, 1.82) is 0 Å². The van der Waals surface area contributed by atoms with Crippen molar-refractivity contribution in [3.8, 4) is 0 Å². The van der Waals surface area contributed by atoms with Crippen LogP contribution in [0.2, 0.25) is 5.02 Å². The molecular weight excluding hydrogens is 252 g/mol. The van der Waals surface area contributed by atoms with Crippen molar-refractivity contribution in [2.75, 3.05) is 6.54 Å². The van der Waals surface area contributed by atoms with Gasteiger partial charge in [0, 0.05) is 18.2 Å². The van der Waals surface area contributed by atoms with Crippen molar-refractivity contribution in [2.24, 2.45) is 0 Å². The lowest BCUT2D eigenvalue weighted by atomic mass is 9.91. The smallest absolute Gasteiger partial charge is 0.270 e. The number of hydrogen-bond donors (Lipinski definition) is 1. The lowest BCUT2D eigenvalue weighted by molar-refractivity contribution is -0.384. The van der Waals surface area contributed by atoms with Crippen molar-refractivity contribution >= 4 is 17.3 Å². The zero-order valence-electron chi connectivity index (χ0n) is 10.9. The van der Waals surface area contributed by atoms with E-state index in [1.165, 1.54) is 12.1 Å². The van der Waals surface area contributed by atoms with Crippen LogP contribution in [0.3, 0.4) is 0 Å². The third kappa shape index (κ3) is 3.43. The number of benzene rings is 1. The molecule has 0 aliphatic rings. The molecule has 18 heavy (non-hydrogen) atoms. The molecule has 0 bridgehead atoms. The van der Waals surface area contributed by atoms with Crippen LogP contribution in [-0.4, -0.2) is 17.5 Å². The summed E-state index contributed by atoms with van der Waals surface area (Å²) in [7, 11) is 0. The summed E-state index contributed by atoms with van der Waals surface area (Å²) in [6, 6.07) is 5.02. The molecule has 0 saturated heterocycles. The molecule has 5 heteroatoms. The van der Waals surface area contributed by atoms with Crippen LogP contribution in [-0.2, 0) is 0 Å². The SMILES string of the molecule is CCNC(CC)C(C)c1ccc([N+](=O)[O-])cc1Cl. The molecule has 1 aromatic carbocycles. The van der Waals surface area contributed by atoms with Gasteiger partial charge in [-0.05, 0) is 24.4 Å². The monoisotopic (exact) mass is 270 g/mol. The van der Waals surface area contributed by atoms with E-state index in [4.69, 9.17) is 11.6 Å². The maximum atomic E-state index is 10.7. The summed E-state index contributed by atoms with van der Waals surface area (Å²) in [5.74, 6) is 0.225. The van der Waals surface area contributed by atoms with E-state index >= 15 is 0 Å². The van der Waals surface area contributed by atoms with Gasteiger partial charge < -0.3 is 5.32 Å². The topological polar surface area (TPSA) is 55.2 Å². The summed E-state index contributed by atoms with van der Waals surface area (Å²) < 4.78 is 0. The first-order valence-corrected chi connectivity index (χ1v) is 6.56. The summed E-state index contributed by atoms with van der Waals surface area (Å²) in [6.07, 6.45) is 0.988.